The van der Waals surface area contributed by atoms with Crippen molar-refractivity contribution in [3.63, 3.8) is 0 Å². The number of nitrogens with zero attached hydrogens (tertiary/aromatic N) is 1. The summed E-state index contributed by atoms with van der Waals surface area (Å²) in [6, 6.07) is 9.85. The minimum atomic E-state index is -0.389. The van der Waals surface area contributed by atoms with Crippen molar-refractivity contribution in [2.75, 3.05) is 26.7 Å². The summed E-state index contributed by atoms with van der Waals surface area (Å²) in [6.07, 6.45) is 3.03. The largest absolute Gasteiger partial charge is 0.497 e. The van der Waals surface area contributed by atoms with Crippen LogP contribution in [-0.2, 0) is 11.2 Å². The Hall–Kier alpha value is -2.64. The maximum Gasteiger partial charge on any atom is 0.339 e. The van der Waals surface area contributed by atoms with Crippen molar-refractivity contribution >= 4 is 28.2 Å². The number of methoxy groups -OCH3 is 1. The highest BCUT2D eigenvalue weighted by Gasteiger charge is 2.24. The Labute approximate surface area is 185 Å². The van der Waals surface area contributed by atoms with E-state index < -0.39 is 0 Å². The molecule has 1 amide bonds. The first kappa shape index (κ1) is 21.6. The second-order valence-electron chi connectivity index (χ2n) is 7.93. The van der Waals surface area contributed by atoms with Crippen LogP contribution in [0.4, 0.5) is 0 Å². The lowest BCUT2D eigenvalue weighted by atomic mass is 10.0. The summed E-state index contributed by atoms with van der Waals surface area (Å²) in [5.74, 6) is 0.592. The van der Waals surface area contributed by atoms with Gasteiger partial charge in [0, 0.05) is 34.9 Å². The van der Waals surface area contributed by atoms with Crippen molar-refractivity contribution in [1.82, 2.24) is 10.2 Å². The number of hydrogen-bond donors (Lipinski definition) is 1. The van der Waals surface area contributed by atoms with Gasteiger partial charge in [0.05, 0.1) is 13.2 Å². The molecular formula is C24H28N2O4S. The number of rotatable bonds is 8. The van der Waals surface area contributed by atoms with E-state index in [4.69, 9.17) is 9.15 Å². The maximum absolute atomic E-state index is 12.6. The van der Waals surface area contributed by atoms with Gasteiger partial charge in [-0.15, -0.1) is 11.3 Å². The van der Waals surface area contributed by atoms with Gasteiger partial charge in [0.25, 0.3) is 0 Å². The van der Waals surface area contributed by atoms with E-state index in [0.717, 1.165) is 24.0 Å². The summed E-state index contributed by atoms with van der Waals surface area (Å²) in [5, 5.41) is 6.03. The number of aryl methyl sites for hydroxylation is 1. The molecule has 1 saturated heterocycles. The van der Waals surface area contributed by atoms with E-state index >= 15 is 0 Å². The standard InChI is InChI=1S/C24H28N2O4S/c1-16-18-8-7-17(29-2)14-21(18)30-24(28)19(16)9-10-23(27)25-15-20(22-6-5-13-31-22)26-11-3-4-12-26/h5-8,13-14,20H,3-4,9-12,15H2,1-2H3,(H,25,27)/t20-/m1/s1. The molecule has 2 aromatic heterocycles. The molecule has 3 heterocycles. The molecule has 0 spiro atoms. The van der Waals surface area contributed by atoms with Crippen LogP contribution in [-0.4, -0.2) is 37.6 Å². The molecule has 1 atom stereocenters. The Kier molecular flexibility index (Phi) is 6.73. The highest BCUT2D eigenvalue weighted by Crippen LogP contribution is 2.28. The van der Waals surface area contributed by atoms with Gasteiger partial charge < -0.3 is 14.5 Å². The van der Waals surface area contributed by atoms with Crippen molar-refractivity contribution < 1.29 is 13.9 Å². The molecule has 0 aliphatic carbocycles. The van der Waals surface area contributed by atoms with Gasteiger partial charge in [0.15, 0.2) is 0 Å². The normalized spacial score (nSPS) is 15.3. The van der Waals surface area contributed by atoms with Gasteiger partial charge in [0.1, 0.15) is 11.3 Å². The Morgan fingerprint density at radius 3 is 2.81 bits per heavy atom. The lowest BCUT2D eigenvalue weighted by Gasteiger charge is -2.27. The number of hydrogen-bond acceptors (Lipinski definition) is 6. The summed E-state index contributed by atoms with van der Waals surface area (Å²) >= 11 is 1.73. The molecular weight excluding hydrogens is 412 g/mol. The van der Waals surface area contributed by atoms with Crippen LogP contribution in [0, 0.1) is 6.92 Å². The van der Waals surface area contributed by atoms with Gasteiger partial charge in [-0.25, -0.2) is 4.79 Å². The number of amides is 1. The number of fused-ring (bicyclic) bond motifs is 1. The number of carbonyl (C=O) groups is 1. The molecule has 0 saturated carbocycles. The van der Waals surface area contributed by atoms with E-state index in [1.54, 1.807) is 24.5 Å². The molecule has 1 aliphatic rings. The van der Waals surface area contributed by atoms with Crippen LogP contribution in [0.15, 0.2) is 44.9 Å². The van der Waals surface area contributed by atoms with Crippen LogP contribution in [0.25, 0.3) is 11.0 Å². The van der Waals surface area contributed by atoms with E-state index in [-0.39, 0.29) is 24.0 Å². The van der Waals surface area contributed by atoms with Crippen molar-refractivity contribution in [1.29, 1.82) is 0 Å². The molecule has 3 aromatic rings. The molecule has 1 N–H and O–H groups in total. The Morgan fingerprint density at radius 2 is 2.10 bits per heavy atom. The van der Waals surface area contributed by atoms with Crippen LogP contribution < -0.4 is 15.7 Å². The monoisotopic (exact) mass is 440 g/mol. The summed E-state index contributed by atoms with van der Waals surface area (Å²) in [6.45, 7) is 4.63. The smallest absolute Gasteiger partial charge is 0.339 e. The number of nitrogens with one attached hydrogen (secondary N) is 1. The topological polar surface area (TPSA) is 71.8 Å². The van der Waals surface area contributed by atoms with Gasteiger partial charge >= 0.3 is 5.63 Å². The van der Waals surface area contributed by atoms with E-state index in [0.29, 0.717) is 29.9 Å². The molecule has 6 nitrogen and oxygen atoms in total. The lowest BCUT2D eigenvalue weighted by Crippen LogP contribution is -2.36. The summed E-state index contributed by atoms with van der Waals surface area (Å²) in [4.78, 5) is 28.8. The van der Waals surface area contributed by atoms with Gasteiger partial charge in [-0.2, -0.15) is 0 Å². The van der Waals surface area contributed by atoms with Crippen LogP contribution in [0.3, 0.4) is 0 Å². The van der Waals surface area contributed by atoms with Gasteiger partial charge in [-0.05, 0) is 68.4 Å². The fourth-order valence-electron chi connectivity index (χ4n) is 4.27. The molecule has 164 valence electrons. The van der Waals surface area contributed by atoms with Crippen LogP contribution in [0.5, 0.6) is 5.75 Å². The van der Waals surface area contributed by atoms with Crippen molar-refractivity contribution in [2.24, 2.45) is 0 Å². The molecule has 4 rings (SSSR count). The number of carbonyl (C=O) groups excluding carboxylic acids is 1. The summed E-state index contributed by atoms with van der Waals surface area (Å²) in [7, 11) is 1.58. The molecule has 0 unspecified atom stereocenters. The average molecular weight is 441 g/mol. The number of likely N-dealkylation sites (tertiary alicyclic amines) is 1. The van der Waals surface area contributed by atoms with E-state index in [2.05, 4.69) is 27.7 Å². The van der Waals surface area contributed by atoms with Crippen molar-refractivity contribution in [3.8, 4) is 5.75 Å². The highest BCUT2D eigenvalue weighted by atomic mass is 32.1. The number of benzene rings is 1. The molecule has 1 aromatic carbocycles. The third-order valence-electron chi connectivity index (χ3n) is 6.04. The minimum Gasteiger partial charge on any atom is -0.497 e. The van der Waals surface area contributed by atoms with Gasteiger partial charge in [-0.3, -0.25) is 9.69 Å². The van der Waals surface area contributed by atoms with Crippen LogP contribution in [0.1, 0.15) is 41.3 Å². The second-order valence-corrected chi connectivity index (χ2v) is 8.91. The van der Waals surface area contributed by atoms with E-state index in [1.807, 2.05) is 19.1 Å². The predicted molar refractivity (Wildman–Crippen MR) is 123 cm³/mol. The SMILES string of the molecule is COc1ccc2c(C)c(CCC(=O)NC[C@H](c3cccs3)N3CCCC3)c(=O)oc2c1. The molecule has 1 fully saturated rings. The average Bonchev–Trinajstić information content (AvgIpc) is 3.48. The van der Waals surface area contributed by atoms with Gasteiger partial charge in [-0.1, -0.05) is 6.07 Å². The maximum atomic E-state index is 12.6. The second kappa shape index (κ2) is 9.66. The zero-order valence-corrected chi connectivity index (χ0v) is 18.8. The fourth-order valence-corrected chi connectivity index (χ4v) is 5.13. The first-order valence-electron chi connectivity index (χ1n) is 10.7. The highest BCUT2D eigenvalue weighted by molar-refractivity contribution is 7.10. The Balaban J connectivity index is 1.41. The van der Waals surface area contributed by atoms with Crippen LogP contribution in [0.2, 0.25) is 0 Å². The zero-order valence-electron chi connectivity index (χ0n) is 18.0. The summed E-state index contributed by atoms with van der Waals surface area (Å²) in [5.41, 5.74) is 1.52. The van der Waals surface area contributed by atoms with E-state index in [9.17, 15) is 9.59 Å². The fraction of sp³-hybridized carbons (Fsp3) is 0.417. The third kappa shape index (κ3) is 4.83. The number of ether oxygens (including phenoxy) is 1. The van der Waals surface area contributed by atoms with Gasteiger partial charge in [0.2, 0.25) is 5.91 Å². The first-order chi connectivity index (χ1) is 15.1. The Morgan fingerprint density at radius 1 is 1.29 bits per heavy atom. The van der Waals surface area contributed by atoms with Crippen molar-refractivity contribution in [3.05, 3.63) is 62.1 Å². The predicted octanol–water partition coefficient (Wildman–Crippen LogP) is 4.06. The van der Waals surface area contributed by atoms with Crippen molar-refractivity contribution in [2.45, 2.75) is 38.6 Å². The number of thiophene rings is 1. The molecule has 0 bridgehead atoms. The molecule has 31 heavy (non-hydrogen) atoms. The van der Waals surface area contributed by atoms with Crippen LogP contribution >= 0.6 is 11.3 Å². The zero-order chi connectivity index (χ0) is 21.8. The Bertz CT molecular complexity index is 1100. The minimum absolute atomic E-state index is 0.0469. The molecule has 7 heteroatoms. The first-order valence-corrected chi connectivity index (χ1v) is 11.6. The lowest BCUT2D eigenvalue weighted by molar-refractivity contribution is -0.121. The van der Waals surface area contributed by atoms with E-state index in [1.165, 1.54) is 17.7 Å². The quantitative estimate of drug-likeness (QED) is 0.535. The molecule has 1 aliphatic heterocycles. The summed E-state index contributed by atoms with van der Waals surface area (Å²) < 4.78 is 10.7. The molecule has 0 radical (unpaired) electrons. The third-order valence-corrected chi connectivity index (χ3v) is 7.02.